The van der Waals surface area contributed by atoms with E-state index in [0.717, 1.165) is 0 Å². The topological polar surface area (TPSA) is 63.6 Å². The van der Waals surface area contributed by atoms with Crippen LogP contribution in [0, 0.1) is 11.3 Å². The van der Waals surface area contributed by atoms with Crippen LogP contribution in [0.1, 0.15) is 40.0 Å². The van der Waals surface area contributed by atoms with Gasteiger partial charge in [0.15, 0.2) is 0 Å². The number of methoxy groups -OCH3 is 1. The molecule has 1 atom stereocenters. The van der Waals surface area contributed by atoms with E-state index in [2.05, 4.69) is 4.74 Å². The van der Waals surface area contributed by atoms with Crippen LogP contribution in [0.15, 0.2) is 0 Å². The number of carboxylic acids is 1. The van der Waals surface area contributed by atoms with Gasteiger partial charge in [-0.3, -0.25) is 9.59 Å². The van der Waals surface area contributed by atoms with Crippen molar-refractivity contribution in [2.45, 2.75) is 40.0 Å². The van der Waals surface area contributed by atoms with Gasteiger partial charge in [0, 0.05) is 12.8 Å². The Bertz CT molecular complexity index is 227. The summed E-state index contributed by atoms with van der Waals surface area (Å²) in [5, 5.41) is 8.71. The smallest absolute Gasteiger partial charge is 0.305 e. The zero-order chi connectivity index (χ0) is 12.1. The van der Waals surface area contributed by atoms with Crippen LogP contribution in [-0.2, 0) is 14.3 Å². The predicted octanol–water partition coefficient (Wildman–Crippen LogP) is 2.08. The van der Waals surface area contributed by atoms with E-state index in [1.807, 2.05) is 20.8 Å². The molecule has 88 valence electrons. The Morgan fingerprint density at radius 1 is 1.27 bits per heavy atom. The average Bonchev–Trinajstić information content (AvgIpc) is 1.99. The molecule has 0 aromatic rings. The van der Waals surface area contributed by atoms with Crippen LogP contribution in [0.5, 0.6) is 0 Å². The molecule has 0 heterocycles. The number of hydrogen-bond acceptors (Lipinski definition) is 3. The quantitative estimate of drug-likeness (QED) is 0.714. The van der Waals surface area contributed by atoms with Gasteiger partial charge in [0.2, 0.25) is 0 Å². The molecule has 0 saturated carbocycles. The van der Waals surface area contributed by atoms with E-state index in [0.29, 0.717) is 6.42 Å². The average molecular weight is 216 g/mol. The minimum atomic E-state index is -0.867. The van der Waals surface area contributed by atoms with E-state index in [9.17, 15) is 9.59 Å². The van der Waals surface area contributed by atoms with Crippen LogP contribution in [0.4, 0.5) is 0 Å². The number of carbonyl (C=O) groups is 2. The van der Waals surface area contributed by atoms with Gasteiger partial charge in [-0.15, -0.1) is 0 Å². The Balaban J connectivity index is 4.31. The lowest BCUT2D eigenvalue weighted by molar-refractivity contribution is -0.143. The molecule has 1 N–H and O–H groups in total. The van der Waals surface area contributed by atoms with E-state index in [-0.39, 0.29) is 30.1 Å². The number of carbonyl (C=O) groups excluding carboxylic acids is 1. The summed E-state index contributed by atoms with van der Waals surface area (Å²) in [5.41, 5.74) is 0.0220. The fraction of sp³-hybridized carbons (Fsp3) is 0.818. The second kappa shape index (κ2) is 5.73. The van der Waals surface area contributed by atoms with Crippen molar-refractivity contribution in [3.8, 4) is 0 Å². The fourth-order valence-electron chi connectivity index (χ4n) is 1.65. The maximum Gasteiger partial charge on any atom is 0.305 e. The summed E-state index contributed by atoms with van der Waals surface area (Å²) in [7, 11) is 1.32. The van der Waals surface area contributed by atoms with Gasteiger partial charge in [0.05, 0.1) is 7.11 Å². The molecule has 0 aromatic heterocycles. The zero-order valence-corrected chi connectivity index (χ0v) is 9.87. The molecule has 0 aliphatic rings. The van der Waals surface area contributed by atoms with Gasteiger partial charge in [-0.25, -0.2) is 0 Å². The number of esters is 1. The molecule has 0 aromatic carbocycles. The molecule has 0 fully saturated rings. The first-order valence-corrected chi connectivity index (χ1v) is 5.03. The van der Waals surface area contributed by atoms with E-state index in [1.54, 1.807) is 0 Å². The van der Waals surface area contributed by atoms with E-state index >= 15 is 0 Å². The minimum Gasteiger partial charge on any atom is -0.481 e. The number of rotatable bonds is 5. The molecule has 4 nitrogen and oxygen atoms in total. The molecular weight excluding hydrogens is 196 g/mol. The second-order valence-corrected chi connectivity index (χ2v) is 5.01. The maximum absolute atomic E-state index is 11.1. The van der Waals surface area contributed by atoms with E-state index in [1.165, 1.54) is 7.11 Å². The van der Waals surface area contributed by atoms with Crippen molar-refractivity contribution in [3.05, 3.63) is 0 Å². The molecule has 0 spiro atoms. The maximum atomic E-state index is 11.1. The molecular formula is C11H20O4. The highest BCUT2D eigenvalue weighted by Gasteiger charge is 2.23. The largest absolute Gasteiger partial charge is 0.481 e. The van der Waals surface area contributed by atoms with Crippen molar-refractivity contribution >= 4 is 11.9 Å². The van der Waals surface area contributed by atoms with E-state index < -0.39 is 5.97 Å². The third-order valence-electron chi connectivity index (χ3n) is 2.05. The van der Waals surface area contributed by atoms with Gasteiger partial charge in [0.25, 0.3) is 0 Å². The first-order valence-electron chi connectivity index (χ1n) is 5.03. The van der Waals surface area contributed by atoms with Crippen molar-refractivity contribution in [1.29, 1.82) is 0 Å². The minimum absolute atomic E-state index is 0.0202. The SMILES string of the molecule is COC(=O)CC(CC(=O)O)CC(C)(C)C. The molecule has 0 saturated heterocycles. The van der Waals surface area contributed by atoms with Crippen molar-refractivity contribution < 1.29 is 19.4 Å². The number of aliphatic carboxylic acids is 1. The number of hydrogen-bond donors (Lipinski definition) is 1. The highest BCUT2D eigenvalue weighted by atomic mass is 16.5. The van der Waals surface area contributed by atoms with Gasteiger partial charge in [0.1, 0.15) is 0 Å². The Kier molecular flexibility index (Phi) is 5.33. The second-order valence-electron chi connectivity index (χ2n) is 5.01. The Hall–Kier alpha value is -1.06. The first kappa shape index (κ1) is 13.9. The van der Waals surface area contributed by atoms with Crippen LogP contribution >= 0.6 is 0 Å². The molecule has 15 heavy (non-hydrogen) atoms. The molecule has 0 bridgehead atoms. The van der Waals surface area contributed by atoms with Crippen LogP contribution in [0.25, 0.3) is 0 Å². The predicted molar refractivity (Wildman–Crippen MR) is 56.4 cm³/mol. The summed E-state index contributed by atoms with van der Waals surface area (Å²) in [6.45, 7) is 6.08. The summed E-state index contributed by atoms with van der Waals surface area (Å²) in [5.74, 6) is -1.35. The summed E-state index contributed by atoms with van der Waals surface area (Å²) < 4.78 is 4.54. The summed E-state index contributed by atoms with van der Waals surface area (Å²) in [4.78, 5) is 21.7. The normalized spacial score (nSPS) is 13.3. The van der Waals surface area contributed by atoms with E-state index in [4.69, 9.17) is 5.11 Å². The van der Waals surface area contributed by atoms with Crippen LogP contribution in [0.3, 0.4) is 0 Å². The molecule has 0 amide bonds. The molecule has 0 rings (SSSR count). The zero-order valence-electron chi connectivity index (χ0n) is 9.87. The van der Waals surface area contributed by atoms with Crippen LogP contribution in [0.2, 0.25) is 0 Å². The third kappa shape index (κ3) is 7.97. The van der Waals surface area contributed by atoms with Crippen LogP contribution < -0.4 is 0 Å². The lowest BCUT2D eigenvalue weighted by Gasteiger charge is -2.24. The van der Waals surface area contributed by atoms with Crippen molar-refractivity contribution in [3.63, 3.8) is 0 Å². The standard InChI is InChI=1S/C11H20O4/c1-11(2,3)7-8(5-9(12)13)6-10(14)15-4/h8H,5-7H2,1-4H3,(H,12,13). The number of ether oxygens (including phenoxy) is 1. The Labute approximate surface area is 90.6 Å². The van der Waals surface area contributed by atoms with Gasteiger partial charge >= 0.3 is 11.9 Å². The molecule has 0 aliphatic carbocycles. The van der Waals surface area contributed by atoms with Crippen molar-refractivity contribution in [2.24, 2.45) is 11.3 Å². The van der Waals surface area contributed by atoms with Gasteiger partial charge < -0.3 is 9.84 Å². The molecule has 0 radical (unpaired) electrons. The highest BCUT2D eigenvalue weighted by molar-refractivity contribution is 5.72. The van der Waals surface area contributed by atoms with Crippen molar-refractivity contribution in [2.75, 3.05) is 7.11 Å². The van der Waals surface area contributed by atoms with Crippen LogP contribution in [-0.4, -0.2) is 24.2 Å². The molecule has 0 aliphatic heterocycles. The van der Waals surface area contributed by atoms with Gasteiger partial charge in [-0.2, -0.15) is 0 Å². The first-order chi connectivity index (χ1) is 6.74. The Morgan fingerprint density at radius 2 is 1.80 bits per heavy atom. The Morgan fingerprint density at radius 3 is 2.13 bits per heavy atom. The van der Waals surface area contributed by atoms with Gasteiger partial charge in [-0.1, -0.05) is 20.8 Å². The lowest BCUT2D eigenvalue weighted by atomic mass is 9.82. The highest BCUT2D eigenvalue weighted by Crippen LogP contribution is 2.28. The fourth-order valence-corrected chi connectivity index (χ4v) is 1.65. The van der Waals surface area contributed by atoms with Gasteiger partial charge in [-0.05, 0) is 17.8 Å². The lowest BCUT2D eigenvalue weighted by Crippen LogP contribution is -2.20. The number of carboxylic acid groups (broad SMARTS) is 1. The molecule has 1 unspecified atom stereocenters. The summed E-state index contributed by atoms with van der Waals surface area (Å²) >= 11 is 0. The third-order valence-corrected chi connectivity index (χ3v) is 2.05. The summed E-state index contributed by atoms with van der Waals surface area (Å²) in [6.07, 6.45) is 0.904. The van der Waals surface area contributed by atoms with Crippen molar-refractivity contribution in [1.82, 2.24) is 0 Å². The summed E-state index contributed by atoms with van der Waals surface area (Å²) in [6, 6.07) is 0. The monoisotopic (exact) mass is 216 g/mol. The molecule has 4 heteroatoms.